The molecule has 3 aromatic rings. The molecular formula is C16H16N4O. The first-order valence-electron chi connectivity index (χ1n) is 6.62. The molecule has 0 unspecified atom stereocenters. The first-order chi connectivity index (χ1) is 10.1. The summed E-state index contributed by atoms with van der Waals surface area (Å²) in [6.07, 6.45) is 1.78. The Balaban J connectivity index is 2.26. The highest BCUT2D eigenvalue weighted by Gasteiger charge is 2.16. The van der Waals surface area contributed by atoms with Crippen LogP contribution in [0.15, 0.2) is 48.7 Å². The standard InChI is InChI=1S/C16H16N4O/c1-19(2)16(21)13-8-7-12(17)9-15(13)20-14-6-4-3-5-11(14)10-18-20/h3-10H,17H2,1-2H3. The van der Waals surface area contributed by atoms with Crippen LogP contribution in [0.2, 0.25) is 0 Å². The molecule has 1 amide bonds. The number of nitrogens with zero attached hydrogens (tertiary/aromatic N) is 3. The molecule has 5 nitrogen and oxygen atoms in total. The Morgan fingerprint density at radius 2 is 1.95 bits per heavy atom. The Morgan fingerprint density at radius 3 is 2.71 bits per heavy atom. The van der Waals surface area contributed by atoms with E-state index in [9.17, 15) is 4.79 Å². The molecule has 5 heteroatoms. The van der Waals surface area contributed by atoms with Gasteiger partial charge in [-0.1, -0.05) is 18.2 Å². The quantitative estimate of drug-likeness (QED) is 0.733. The molecule has 0 aliphatic rings. The third kappa shape index (κ3) is 2.23. The van der Waals surface area contributed by atoms with E-state index in [1.54, 1.807) is 48.1 Å². The summed E-state index contributed by atoms with van der Waals surface area (Å²) >= 11 is 0. The Labute approximate surface area is 122 Å². The lowest BCUT2D eigenvalue weighted by Gasteiger charge is -2.15. The summed E-state index contributed by atoms with van der Waals surface area (Å²) < 4.78 is 1.75. The second-order valence-corrected chi connectivity index (χ2v) is 5.09. The van der Waals surface area contributed by atoms with Crippen molar-refractivity contribution in [3.05, 3.63) is 54.2 Å². The van der Waals surface area contributed by atoms with Crippen molar-refractivity contribution in [2.75, 3.05) is 19.8 Å². The van der Waals surface area contributed by atoms with E-state index in [0.717, 1.165) is 10.9 Å². The summed E-state index contributed by atoms with van der Waals surface area (Å²) in [6.45, 7) is 0. The number of carbonyl (C=O) groups excluding carboxylic acids is 1. The number of fused-ring (bicyclic) bond motifs is 1. The van der Waals surface area contributed by atoms with Crippen molar-refractivity contribution < 1.29 is 4.79 Å². The highest BCUT2D eigenvalue weighted by atomic mass is 16.2. The molecule has 0 fully saturated rings. The van der Waals surface area contributed by atoms with Crippen LogP contribution in [-0.2, 0) is 0 Å². The number of benzene rings is 2. The van der Waals surface area contributed by atoms with Crippen LogP contribution in [0, 0.1) is 0 Å². The lowest BCUT2D eigenvalue weighted by Crippen LogP contribution is -2.23. The van der Waals surface area contributed by atoms with E-state index in [1.165, 1.54) is 0 Å². The molecule has 106 valence electrons. The second kappa shape index (κ2) is 4.94. The molecule has 0 bridgehead atoms. The van der Waals surface area contributed by atoms with Gasteiger partial charge in [0, 0.05) is 25.2 Å². The van der Waals surface area contributed by atoms with Crippen molar-refractivity contribution in [1.82, 2.24) is 14.7 Å². The molecule has 0 aliphatic heterocycles. The van der Waals surface area contributed by atoms with Crippen LogP contribution in [0.5, 0.6) is 0 Å². The van der Waals surface area contributed by atoms with E-state index in [2.05, 4.69) is 5.10 Å². The summed E-state index contributed by atoms with van der Waals surface area (Å²) in [5.41, 5.74) is 8.69. The molecule has 1 aromatic heterocycles. The minimum atomic E-state index is -0.0791. The van der Waals surface area contributed by atoms with E-state index in [-0.39, 0.29) is 5.91 Å². The van der Waals surface area contributed by atoms with Crippen molar-refractivity contribution in [1.29, 1.82) is 0 Å². The third-order valence-electron chi connectivity index (χ3n) is 3.36. The van der Waals surface area contributed by atoms with Crippen LogP contribution >= 0.6 is 0 Å². The second-order valence-electron chi connectivity index (χ2n) is 5.09. The zero-order valence-corrected chi connectivity index (χ0v) is 11.9. The van der Waals surface area contributed by atoms with Gasteiger partial charge >= 0.3 is 0 Å². The topological polar surface area (TPSA) is 64.2 Å². The van der Waals surface area contributed by atoms with E-state index in [1.807, 2.05) is 24.3 Å². The van der Waals surface area contributed by atoms with Crippen LogP contribution in [0.1, 0.15) is 10.4 Å². The van der Waals surface area contributed by atoms with Gasteiger partial charge in [-0.05, 0) is 24.3 Å². The monoisotopic (exact) mass is 280 g/mol. The fourth-order valence-electron chi connectivity index (χ4n) is 2.31. The van der Waals surface area contributed by atoms with Crippen LogP contribution in [0.4, 0.5) is 5.69 Å². The predicted octanol–water partition coefficient (Wildman–Crippen LogP) is 2.31. The molecule has 0 aliphatic carbocycles. The maximum Gasteiger partial charge on any atom is 0.255 e. The van der Waals surface area contributed by atoms with Gasteiger partial charge in [0.1, 0.15) is 0 Å². The average molecular weight is 280 g/mol. The highest BCUT2D eigenvalue weighted by molar-refractivity contribution is 5.98. The summed E-state index contributed by atoms with van der Waals surface area (Å²) in [4.78, 5) is 13.9. The molecule has 2 N–H and O–H groups in total. The Kier molecular flexibility index (Phi) is 3.10. The van der Waals surface area contributed by atoms with Crippen molar-refractivity contribution in [2.24, 2.45) is 0 Å². The maximum atomic E-state index is 12.4. The molecular weight excluding hydrogens is 264 g/mol. The van der Waals surface area contributed by atoms with Gasteiger partial charge in [0.05, 0.1) is 23.0 Å². The largest absolute Gasteiger partial charge is 0.399 e. The van der Waals surface area contributed by atoms with Gasteiger partial charge < -0.3 is 10.6 Å². The van der Waals surface area contributed by atoms with Gasteiger partial charge in [-0.2, -0.15) is 5.10 Å². The first kappa shape index (κ1) is 13.2. The average Bonchev–Trinajstić information content (AvgIpc) is 2.90. The summed E-state index contributed by atoms with van der Waals surface area (Å²) in [6, 6.07) is 13.1. The Bertz CT molecular complexity index is 820. The van der Waals surface area contributed by atoms with E-state index in [0.29, 0.717) is 16.9 Å². The lowest BCUT2D eigenvalue weighted by molar-refractivity contribution is 0.0827. The van der Waals surface area contributed by atoms with Crippen LogP contribution in [-0.4, -0.2) is 34.7 Å². The van der Waals surface area contributed by atoms with Gasteiger partial charge in [-0.15, -0.1) is 0 Å². The molecule has 2 aromatic carbocycles. The lowest BCUT2D eigenvalue weighted by atomic mass is 10.1. The van der Waals surface area contributed by atoms with Crippen LogP contribution in [0.3, 0.4) is 0 Å². The summed E-state index contributed by atoms with van der Waals surface area (Å²) in [7, 11) is 3.45. The van der Waals surface area contributed by atoms with E-state index >= 15 is 0 Å². The molecule has 3 rings (SSSR count). The number of amides is 1. The third-order valence-corrected chi connectivity index (χ3v) is 3.36. The molecule has 0 radical (unpaired) electrons. The van der Waals surface area contributed by atoms with Crippen LogP contribution < -0.4 is 5.73 Å². The maximum absolute atomic E-state index is 12.4. The molecule has 0 saturated heterocycles. The molecule has 21 heavy (non-hydrogen) atoms. The normalized spacial score (nSPS) is 10.8. The number of anilines is 1. The van der Waals surface area contributed by atoms with Crippen LogP contribution in [0.25, 0.3) is 16.6 Å². The minimum absolute atomic E-state index is 0.0791. The molecule has 0 spiro atoms. The van der Waals surface area contributed by atoms with Gasteiger partial charge in [-0.25, -0.2) is 4.68 Å². The number of nitrogens with two attached hydrogens (primary N) is 1. The van der Waals surface area contributed by atoms with Crippen molar-refractivity contribution in [3.63, 3.8) is 0 Å². The Morgan fingerprint density at radius 1 is 1.19 bits per heavy atom. The zero-order valence-electron chi connectivity index (χ0n) is 11.9. The number of para-hydroxylation sites is 1. The van der Waals surface area contributed by atoms with Gasteiger partial charge in [-0.3, -0.25) is 4.79 Å². The summed E-state index contributed by atoms with van der Waals surface area (Å²) in [5, 5.41) is 5.42. The molecule has 0 saturated carbocycles. The van der Waals surface area contributed by atoms with E-state index in [4.69, 9.17) is 5.73 Å². The smallest absolute Gasteiger partial charge is 0.255 e. The first-order valence-corrected chi connectivity index (χ1v) is 6.62. The molecule has 1 heterocycles. The van der Waals surface area contributed by atoms with Crippen molar-refractivity contribution in [3.8, 4) is 5.69 Å². The zero-order chi connectivity index (χ0) is 15.0. The van der Waals surface area contributed by atoms with Gasteiger partial charge in [0.2, 0.25) is 0 Å². The fourth-order valence-corrected chi connectivity index (χ4v) is 2.31. The minimum Gasteiger partial charge on any atom is -0.399 e. The SMILES string of the molecule is CN(C)C(=O)c1ccc(N)cc1-n1ncc2ccccc21. The van der Waals surface area contributed by atoms with Crippen molar-refractivity contribution in [2.45, 2.75) is 0 Å². The predicted molar refractivity (Wildman–Crippen MR) is 83.5 cm³/mol. The Hall–Kier alpha value is -2.82. The number of hydrogen-bond donors (Lipinski definition) is 1. The number of rotatable bonds is 2. The number of carbonyl (C=O) groups is 1. The number of nitrogen functional groups attached to an aromatic ring is 1. The van der Waals surface area contributed by atoms with Gasteiger partial charge in [0.25, 0.3) is 5.91 Å². The molecule has 0 atom stereocenters. The number of hydrogen-bond acceptors (Lipinski definition) is 3. The highest BCUT2D eigenvalue weighted by Crippen LogP contribution is 2.23. The van der Waals surface area contributed by atoms with E-state index < -0.39 is 0 Å². The van der Waals surface area contributed by atoms with Gasteiger partial charge in [0.15, 0.2) is 0 Å². The fraction of sp³-hybridized carbons (Fsp3) is 0.125. The summed E-state index contributed by atoms with van der Waals surface area (Å²) in [5.74, 6) is -0.0791. The number of aromatic nitrogens is 2. The van der Waals surface area contributed by atoms with Crippen molar-refractivity contribution >= 4 is 22.5 Å².